The van der Waals surface area contributed by atoms with Gasteiger partial charge in [-0.05, 0) is 35.7 Å². The fourth-order valence-electron chi connectivity index (χ4n) is 5.20. The van der Waals surface area contributed by atoms with Gasteiger partial charge in [0.2, 0.25) is 5.91 Å². The van der Waals surface area contributed by atoms with Gasteiger partial charge in [-0.2, -0.15) is 0 Å². The van der Waals surface area contributed by atoms with Crippen LogP contribution in [0.3, 0.4) is 0 Å². The molecule has 8 heteroatoms. The van der Waals surface area contributed by atoms with Crippen molar-refractivity contribution in [1.29, 1.82) is 0 Å². The van der Waals surface area contributed by atoms with Crippen molar-refractivity contribution in [1.82, 2.24) is 4.90 Å². The lowest BCUT2D eigenvalue weighted by molar-refractivity contribution is -0.384. The van der Waals surface area contributed by atoms with E-state index in [1.54, 1.807) is 25.3 Å². The Hall–Kier alpha value is -3.91. The third-order valence-corrected chi connectivity index (χ3v) is 6.91. The first-order valence-corrected chi connectivity index (χ1v) is 11.8. The highest BCUT2D eigenvalue weighted by molar-refractivity contribution is 5.94. The van der Waals surface area contributed by atoms with Crippen LogP contribution in [0, 0.1) is 16.0 Å². The summed E-state index contributed by atoms with van der Waals surface area (Å²) in [4.78, 5) is 29.3. The van der Waals surface area contributed by atoms with Crippen LogP contribution < -0.4 is 15.0 Å². The summed E-state index contributed by atoms with van der Waals surface area (Å²) < 4.78 is 5.29. The van der Waals surface area contributed by atoms with Gasteiger partial charge in [0.1, 0.15) is 5.75 Å². The summed E-state index contributed by atoms with van der Waals surface area (Å²) in [5.41, 5.74) is 3.80. The Morgan fingerprint density at radius 2 is 1.91 bits per heavy atom. The number of nitrogens with one attached hydrogen (secondary N) is 1. The number of fused-ring (bicyclic) bond motifs is 3. The molecule has 5 rings (SSSR count). The second-order valence-corrected chi connectivity index (χ2v) is 9.08. The number of rotatable bonds is 6. The molecular weight excluding hydrogens is 444 g/mol. The van der Waals surface area contributed by atoms with Crippen molar-refractivity contribution in [2.75, 3.05) is 37.0 Å². The summed E-state index contributed by atoms with van der Waals surface area (Å²) >= 11 is 0. The summed E-state index contributed by atoms with van der Waals surface area (Å²) in [5, 5.41) is 14.5. The molecule has 3 aromatic carbocycles. The van der Waals surface area contributed by atoms with E-state index in [9.17, 15) is 14.9 Å². The molecule has 0 radical (unpaired) electrons. The van der Waals surface area contributed by atoms with Crippen molar-refractivity contribution in [3.8, 4) is 5.75 Å². The molecule has 2 aliphatic rings. The number of carbonyl (C=O) groups is 1. The molecule has 1 saturated heterocycles. The molecule has 35 heavy (non-hydrogen) atoms. The molecule has 2 heterocycles. The van der Waals surface area contributed by atoms with E-state index in [4.69, 9.17) is 4.74 Å². The van der Waals surface area contributed by atoms with Crippen LogP contribution in [0.25, 0.3) is 0 Å². The number of benzene rings is 3. The second-order valence-electron chi connectivity index (χ2n) is 9.08. The smallest absolute Gasteiger partial charge is 0.269 e. The maximum Gasteiger partial charge on any atom is 0.269 e. The van der Waals surface area contributed by atoms with Crippen LogP contribution >= 0.6 is 0 Å². The molecule has 0 saturated carbocycles. The molecular formula is C27H28N4O4. The van der Waals surface area contributed by atoms with Gasteiger partial charge in [-0.15, -0.1) is 0 Å². The van der Waals surface area contributed by atoms with Crippen molar-refractivity contribution < 1.29 is 14.5 Å². The van der Waals surface area contributed by atoms with Crippen molar-refractivity contribution in [3.63, 3.8) is 0 Å². The molecule has 0 aromatic heterocycles. The van der Waals surface area contributed by atoms with E-state index in [0.717, 1.165) is 37.4 Å². The Kier molecular flexibility index (Phi) is 6.37. The Balaban J connectivity index is 1.43. The van der Waals surface area contributed by atoms with E-state index < -0.39 is 0 Å². The zero-order valence-corrected chi connectivity index (χ0v) is 19.6. The number of nitro groups is 1. The molecule has 0 bridgehead atoms. The van der Waals surface area contributed by atoms with Crippen LogP contribution in [0.15, 0.2) is 72.8 Å². The van der Waals surface area contributed by atoms with Gasteiger partial charge in [0, 0.05) is 55.8 Å². The summed E-state index contributed by atoms with van der Waals surface area (Å²) in [5.74, 6) is 0.224. The van der Waals surface area contributed by atoms with Crippen LogP contribution in [0.5, 0.6) is 5.75 Å². The Morgan fingerprint density at radius 1 is 1.09 bits per heavy atom. The number of nitrogens with zero attached hydrogens (tertiary/aromatic N) is 3. The van der Waals surface area contributed by atoms with Crippen molar-refractivity contribution in [2.45, 2.75) is 19.0 Å². The normalized spacial score (nSPS) is 19.4. The Morgan fingerprint density at radius 3 is 2.69 bits per heavy atom. The molecule has 1 N–H and O–H groups in total. The maximum absolute atomic E-state index is 13.6. The number of piperazine rings is 1. The minimum absolute atomic E-state index is 0.0352. The summed E-state index contributed by atoms with van der Waals surface area (Å²) in [6.07, 6.45) is 0.452. The SMILES string of the molecule is COc1cccc(NC(=O)[C@@H]2Cc3cc([N+](=O)[O-])ccc3N3CCN(Cc4ccccc4)C[C@H]23)c1. The van der Waals surface area contributed by atoms with Crippen LogP contribution in [-0.2, 0) is 17.8 Å². The van der Waals surface area contributed by atoms with E-state index >= 15 is 0 Å². The third-order valence-electron chi connectivity index (χ3n) is 6.91. The van der Waals surface area contributed by atoms with Gasteiger partial charge in [-0.3, -0.25) is 19.8 Å². The van der Waals surface area contributed by atoms with Gasteiger partial charge in [-0.1, -0.05) is 36.4 Å². The number of hydrogen-bond acceptors (Lipinski definition) is 6. The first-order valence-electron chi connectivity index (χ1n) is 11.8. The zero-order valence-electron chi connectivity index (χ0n) is 19.6. The van der Waals surface area contributed by atoms with Crippen LogP contribution in [0.4, 0.5) is 17.1 Å². The molecule has 180 valence electrons. The van der Waals surface area contributed by atoms with Gasteiger partial charge < -0.3 is 15.0 Å². The Bertz CT molecular complexity index is 1230. The quantitative estimate of drug-likeness (QED) is 0.429. The predicted molar refractivity (Wildman–Crippen MR) is 135 cm³/mol. The lowest BCUT2D eigenvalue weighted by Gasteiger charge is -2.49. The highest BCUT2D eigenvalue weighted by atomic mass is 16.6. The van der Waals surface area contributed by atoms with E-state index in [1.165, 1.54) is 5.56 Å². The lowest BCUT2D eigenvalue weighted by Crippen LogP contribution is -2.60. The van der Waals surface area contributed by atoms with E-state index in [-0.39, 0.29) is 28.5 Å². The number of non-ortho nitro benzene ring substituents is 1. The van der Waals surface area contributed by atoms with Gasteiger partial charge in [0.15, 0.2) is 0 Å². The number of anilines is 2. The van der Waals surface area contributed by atoms with Crippen molar-refractivity contribution in [3.05, 3.63) is 94.0 Å². The molecule has 1 fully saturated rings. The molecule has 8 nitrogen and oxygen atoms in total. The number of carbonyl (C=O) groups excluding carboxylic acids is 1. The lowest BCUT2D eigenvalue weighted by atomic mass is 9.83. The standard InChI is InChI=1S/C27H28N4O4/c1-35-23-9-5-8-21(16-23)28-27(32)24-15-20-14-22(31(33)34)10-11-25(20)30-13-12-29(18-26(24)30)17-19-6-3-2-4-7-19/h2-11,14,16,24,26H,12-13,15,17-18H2,1H3,(H,28,32)/t24-,26-/m1/s1. The molecule has 1 amide bonds. The first kappa shape index (κ1) is 22.9. The van der Waals surface area contributed by atoms with E-state index in [2.05, 4.69) is 27.2 Å². The topological polar surface area (TPSA) is 87.9 Å². The number of methoxy groups -OCH3 is 1. The average molecular weight is 473 g/mol. The molecule has 2 atom stereocenters. The summed E-state index contributed by atoms with van der Waals surface area (Å²) in [6, 6.07) is 22.6. The summed E-state index contributed by atoms with van der Waals surface area (Å²) in [6.45, 7) is 3.17. The second kappa shape index (κ2) is 9.76. The molecule has 2 aliphatic heterocycles. The maximum atomic E-state index is 13.6. The number of nitro benzene ring substituents is 1. The van der Waals surface area contributed by atoms with Gasteiger partial charge >= 0.3 is 0 Å². The van der Waals surface area contributed by atoms with Crippen molar-refractivity contribution in [2.24, 2.45) is 5.92 Å². The minimum Gasteiger partial charge on any atom is -0.497 e. The minimum atomic E-state index is -0.379. The molecule has 3 aromatic rings. The number of hydrogen-bond donors (Lipinski definition) is 1. The summed E-state index contributed by atoms with van der Waals surface area (Å²) in [7, 11) is 1.59. The van der Waals surface area contributed by atoms with Crippen LogP contribution in [-0.4, -0.2) is 48.5 Å². The molecule has 0 spiro atoms. The number of ether oxygens (including phenoxy) is 1. The van der Waals surface area contributed by atoms with Crippen LogP contribution in [0.1, 0.15) is 11.1 Å². The van der Waals surface area contributed by atoms with Crippen molar-refractivity contribution >= 4 is 23.0 Å². The predicted octanol–water partition coefficient (Wildman–Crippen LogP) is 4.11. The van der Waals surface area contributed by atoms with Gasteiger partial charge in [0.25, 0.3) is 5.69 Å². The van der Waals surface area contributed by atoms with Crippen LogP contribution in [0.2, 0.25) is 0 Å². The monoisotopic (exact) mass is 472 g/mol. The van der Waals surface area contributed by atoms with E-state index in [1.807, 2.05) is 42.5 Å². The zero-order chi connectivity index (χ0) is 24.4. The van der Waals surface area contributed by atoms with E-state index in [0.29, 0.717) is 17.9 Å². The Labute approximate surface area is 204 Å². The van der Waals surface area contributed by atoms with Gasteiger partial charge in [0.05, 0.1) is 24.0 Å². The van der Waals surface area contributed by atoms with Gasteiger partial charge in [-0.25, -0.2) is 0 Å². The largest absolute Gasteiger partial charge is 0.497 e. The molecule has 0 aliphatic carbocycles. The number of amides is 1. The highest BCUT2D eigenvalue weighted by Crippen LogP contribution is 2.38. The fraction of sp³-hybridized carbons (Fsp3) is 0.296. The highest BCUT2D eigenvalue weighted by Gasteiger charge is 2.42. The fourth-order valence-corrected chi connectivity index (χ4v) is 5.20. The first-order chi connectivity index (χ1) is 17.0. The average Bonchev–Trinajstić information content (AvgIpc) is 2.88. The molecule has 0 unspecified atom stereocenters. The third kappa shape index (κ3) is 4.83.